The number of hydrogen-bond acceptors (Lipinski definition) is 4. The molecule has 1 heterocycles. The van der Waals surface area contributed by atoms with Gasteiger partial charge in [-0.25, -0.2) is 8.42 Å². The van der Waals surface area contributed by atoms with Crippen molar-refractivity contribution in [2.45, 2.75) is 87.0 Å². The number of nitrogens with two attached hydrogens (primary N) is 1. The fourth-order valence-corrected chi connectivity index (χ4v) is 7.16. The SMILES string of the molecule is N[C@@H]1CCCCC1CC(=O)N1CCC(N(C2CC2)S(=O)(=O)c2cccc(C(F)(F)F)c2)CC1. The minimum atomic E-state index is -4.61. The van der Waals surface area contributed by atoms with Crippen molar-refractivity contribution in [3.05, 3.63) is 29.8 Å². The predicted octanol–water partition coefficient (Wildman–Crippen LogP) is 3.76. The molecule has 1 unspecified atom stereocenters. The van der Waals surface area contributed by atoms with Crippen LogP contribution in [0.3, 0.4) is 0 Å². The second kappa shape index (κ2) is 9.54. The van der Waals surface area contributed by atoms with E-state index in [2.05, 4.69) is 0 Å². The lowest BCUT2D eigenvalue weighted by atomic mass is 9.82. The first-order valence-corrected chi connectivity index (χ1v) is 13.3. The van der Waals surface area contributed by atoms with Gasteiger partial charge in [0, 0.05) is 37.6 Å². The molecule has 0 aromatic heterocycles. The van der Waals surface area contributed by atoms with Crippen molar-refractivity contribution in [1.82, 2.24) is 9.21 Å². The van der Waals surface area contributed by atoms with Crippen LogP contribution in [0.5, 0.6) is 0 Å². The lowest BCUT2D eigenvalue weighted by Crippen LogP contribution is -2.50. The molecule has 0 spiro atoms. The molecule has 2 atom stereocenters. The molecule has 4 rings (SSSR count). The highest BCUT2D eigenvalue weighted by Crippen LogP contribution is 2.38. The molecule has 2 N–H and O–H groups in total. The van der Waals surface area contributed by atoms with E-state index in [0.717, 1.165) is 43.9 Å². The summed E-state index contributed by atoms with van der Waals surface area (Å²) in [5.41, 5.74) is 5.21. The van der Waals surface area contributed by atoms with Crippen LogP contribution in [0.4, 0.5) is 13.2 Å². The van der Waals surface area contributed by atoms with Gasteiger partial charge in [0.05, 0.1) is 10.5 Å². The Hall–Kier alpha value is -1.65. The van der Waals surface area contributed by atoms with Crippen molar-refractivity contribution in [1.29, 1.82) is 0 Å². The van der Waals surface area contributed by atoms with Crippen LogP contribution in [0.2, 0.25) is 0 Å². The number of amides is 1. The number of sulfonamides is 1. The molecule has 0 radical (unpaired) electrons. The maximum Gasteiger partial charge on any atom is 0.416 e. The molecule has 33 heavy (non-hydrogen) atoms. The van der Waals surface area contributed by atoms with Crippen LogP contribution in [0.15, 0.2) is 29.2 Å². The number of rotatable bonds is 6. The van der Waals surface area contributed by atoms with E-state index in [1.54, 1.807) is 4.90 Å². The van der Waals surface area contributed by atoms with Gasteiger partial charge in [-0.15, -0.1) is 0 Å². The van der Waals surface area contributed by atoms with Crippen molar-refractivity contribution in [2.75, 3.05) is 13.1 Å². The number of nitrogens with zero attached hydrogens (tertiary/aromatic N) is 2. The van der Waals surface area contributed by atoms with E-state index in [9.17, 15) is 26.4 Å². The zero-order valence-electron chi connectivity index (χ0n) is 18.6. The van der Waals surface area contributed by atoms with Crippen molar-refractivity contribution < 1.29 is 26.4 Å². The number of alkyl halides is 3. The average molecular weight is 488 g/mol. The molecule has 10 heteroatoms. The van der Waals surface area contributed by atoms with Gasteiger partial charge >= 0.3 is 6.18 Å². The topological polar surface area (TPSA) is 83.7 Å². The van der Waals surface area contributed by atoms with Gasteiger partial charge < -0.3 is 10.6 Å². The van der Waals surface area contributed by atoms with Crippen molar-refractivity contribution >= 4 is 15.9 Å². The zero-order valence-corrected chi connectivity index (χ0v) is 19.5. The largest absolute Gasteiger partial charge is 0.416 e. The van der Waals surface area contributed by atoms with Crippen LogP contribution < -0.4 is 5.73 Å². The summed E-state index contributed by atoms with van der Waals surface area (Å²) in [5.74, 6) is 0.266. The summed E-state index contributed by atoms with van der Waals surface area (Å²) in [6, 6.07) is 3.52. The highest BCUT2D eigenvalue weighted by molar-refractivity contribution is 7.89. The Morgan fingerprint density at radius 3 is 2.27 bits per heavy atom. The number of piperidine rings is 1. The van der Waals surface area contributed by atoms with Gasteiger partial charge in [-0.2, -0.15) is 17.5 Å². The van der Waals surface area contributed by atoms with E-state index < -0.39 is 21.8 Å². The molecule has 1 amide bonds. The molecule has 2 aliphatic carbocycles. The molecule has 1 saturated heterocycles. The van der Waals surface area contributed by atoms with Crippen LogP contribution in [0.1, 0.15) is 63.4 Å². The van der Waals surface area contributed by atoms with E-state index in [1.165, 1.54) is 10.4 Å². The molecular formula is C23H32F3N3O3S. The molecule has 0 bridgehead atoms. The van der Waals surface area contributed by atoms with E-state index in [4.69, 9.17) is 5.73 Å². The maximum absolute atomic E-state index is 13.4. The van der Waals surface area contributed by atoms with Gasteiger partial charge in [0.1, 0.15) is 0 Å². The monoisotopic (exact) mass is 487 g/mol. The number of benzene rings is 1. The maximum atomic E-state index is 13.4. The average Bonchev–Trinajstić information content (AvgIpc) is 3.60. The third kappa shape index (κ3) is 5.54. The minimum absolute atomic E-state index is 0.0585. The Kier molecular flexibility index (Phi) is 7.08. The van der Waals surface area contributed by atoms with Gasteiger partial charge in [-0.05, 0) is 62.6 Å². The number of halogens is 3. The predicted molar refractivity (Wildman–Crippen MR) is 118 cm³/mol. The lowest BCUT2D eigenvalue weighted by molar-refractivity contribution is -0.137. The van der Waals surface area contributed by atoms with Crippen LogP contribution in [0, 0.1) is 5.92 Å². The summed E-state index contributed by atoms with van der Waals surface area (Å²) in [6.07, 6.45) is 2.31. The van der Waals surface area contributed by atoms with Crippen molar-refractivity contribution in [3.8, 4) is 0 Å². The van der Waals surface area contributed by atoms with E-state index in [-0.39, 0.29) is 34.8 Å². The van der Waals surface area contributed by atoms with Gasteiger partial charge in [-0.1, -0.05) is 18.9 Å². The van der Waals surface area contributed by atoms with Crippen LogP contribution >= 0.6 is 0 Å². The number of carbonyl (C=O) groups excluding carboxylic acids is 1. The summed E-state index contributed by atoms with van der Waals surface area (Å²) in [4.78, 5) is 14.3. The first kappa shape index (κ1) is 24.5. The molecule has 1 aliphatic heterocycles. The van der Waals surface area contributed by atoms with Gasteiger partial charge in [-0.3, -0.25) is 4.79 Å². The number of carbonyl (C=O) groups is 1. The molecule has 184 valence electrons. The van der Waals surface area contributed by atoms with E-state index in [0.29, 0.717) is 45.2 Å². The van der Waals surface area contributed by atoms with E-state index in [1.807, 2.05) is 0 Å². The second-order valence-corrected chi connectivity index (χ2v) is 11.5. The first-order chi connectivity index (χ1) is 15.6. The first-order valence-electron chi connectivity index (χ1n) is 11.8. The Labute approximate surface area is 193 Å². The summed E-state index contributed by atoms with van der Waals surface area (Å²) < 4.78 is 67.6. The standard InChI is InChI=1S/C23H32F3N3O3S/c24-23(25,26)17-5-3-6-20(15-17)33(31,32)29(18-8-9-18)19-10-12-28(13-11-19)22(30)14-16-4-1-2-7-21(16)27/h3,5-6,15-16,18-19,21H,1-2,4,7-14,27H2/t16?,21-/m1/s1. The lowest BCUT2D eigenvalue weighted by Gasteiger charge is -2.39. The van der Waals surface area contributed by atoms with Gasteiger partial charge in [0.15, 0.2) is 0 Å². The van der Waals surface area contributed by atoms with Crippen LogP contribution in [-0.2, 0) is 21.0 Å². The third-order valence-corrected chi connectivity index (χ3v) is 9.23. The summed E-state index contributed by atoms with van der Waals surface area (Å²) in [7, 11) is -4.07. The highest BCUT2D eigenvalue weighted by Gasteiger charge is 2.44. The highest BCUT2D eigenvalue weighted by atomic mass is 32.2. The Balaban J connectivity index is 1.43. The molecule has 6 nitrogen and oxygen atoms in total. The van der Waals surface area contributed by atoms with Crippen molar-refractivity contribution in [3.63, 3.8) is 0 Å². The third-order valence-electron chi connectivity index (χ3n) is 7.23. The number of hydrogen-bond donors (Lipinski definition) is 1. The second-order valence-electron chi connectivity index (χ2n) is 9.62. The van der Waals surface area contributed by atoms with Crippen LogP contribution in [-0.4, -0.2) is 54.7 Å². The summed E-state index contributed by atoms with van der Waals surface area (Å²) in [6.45, 7) is 0.902. The Morgan fingerprint density at radius 1 is 1.03 bits per heavy atom. The van der Waals surface area contributed by atoms with E-state index >= 15 is 0 Å². The molecule has 3 fully saturated rings. The Morgan fingerprint density at radius 2 is 1.67 bits per heavy atom. The normalized spacial score (nSPS) is 25.4. The fourth-order valence-electron chi connectivity index (χ4n) is 5.19. The smallest absolute Gasteiger partial charge is 0.343 e. The molecule has 3 aliphatic rings. The van der Waals surface area contributed by atoms with Crippen LogP contribution in [0.25, 0.3) is 0 Å². The number of likely N-dealkylation sites (tertiary alicyclic amines) is 1. The molecule has 1 aromatic carbocycles. The van der Waals surface area contributed by atoms with Gasteiger partial charge in [0.25, 0.3) is 0 Å². The summed E-state index contributed by atoms with van der Waals surface area (Å²) in [5, 5.41) is 0. The Bertz CT molecular complexity index is 957. The molecule has 1 aromatic rings. The minimum Gasteiger partial charge on any atom is -0.343 e. The summed E-state index contributed by atoms with van der Waals surface area (Å²) >= 11 is 0. The zero-order chi connectivity index (χ0) is 23.8. The molecule has 2 saturated carbocycles. The molecular weight excluding hydrogens is 455 g/mol. The van der Waals surface area contributed by atoms with Crippen molar-refractivity contribution in [2.24, 2.45) is 11.7 Å². The quantitative estimate of drug-likeness (QED) is 0.662. The van der Waals surface area contributed by atoms with Gasteiger partial charge in [0.2, 0.25) is 15.9 Å². The fraction of sp³-hybridized carbons (Fsp3) is 0.696.